The van der Waals surface area contributed by atoms with Crippen molar-refractivity contribution in [2.45, 2.75) is 24.8 Å². The first-order chi connectivity index (χ1) is 11.5. The molecule has 1 amide bonds. The first kappa shape index (κ1) is 16.6. The summed E-state index contributed by atoms with van der Waals surface area (Å²) in [7, 11) is 1.29. The standard InChI is InChI=1S/C16H16ClFN2O4/c1-23-16(22)20-5-4-9(14-8-15(21)19-24-14)6-13(20)11-3-2-10(17)7-12(11)18/h2-3,7-9,13H,4-6H2,1H3,(H,19,21)/t9-,13-/m0/s1. The number of carbonyl (C=O) groups is 1. The molecule has 1 fully saturated rings. The van der Waals surface area contributed by atoms with E-state index in [-0.39, 0.29) is 16.5 Å². The van der Waals surface area contributed by atoms with Gasteiger partial charge in [-0.1, -0.05) is 17.7 Å². The average molecular weight is 355 g/mol. The van der Waals surface area contributed by atoms with Gasteiger partial charge in [-0.2, -0.15) is 5.16 Å². The molecule has 1 aromatic carbocycles. The van der Waals surface area contributed by atoms with Crippen molar-refractivity contribution in [3.63, 3.8) is 0 Å². The van der Waals surface area contributed by atoms with Crippen molar-refractivity contribution in [3.05, 3.63) is 56.8 Å². The largest absolute Gasteiger partial charge is 0.453 e. The highest BCUT2D eigenvalue weighted by Gasteiger charge is 2.36. The lowest BCUT2D eigenvalue weighted by Gasteiger charge is -2.38. The molecule has 0 saturated carbocycles. The fraction of sp³-hybridized carbons (Fsp3) is 0.375. The number of methoxy groups -OCH3 is 1. The predicted octanol–water partition coefficient (Wildman–Crippen LogP) is 3.45. The second kappa shape index (κ2) is 6.68. The monoisotopic (exact) mass is 354 g/mol. The molecule has 1 aliphatic heterocycles. The number of H-pyrrole nitrogens is 1. The van der Waals surface area contributed by atoms with Gasteiger partial charge in [-0.3, -0.25) is 4.79 Å². The Kier molecular flexibility index (Phi) is 4.62. The number of rotatable bonds is 2. The van der Waals surface area contributed by atoms with Gasteiger partial charge in [-0.15, -0.1) is 0 Å². The Labute approximate surface area is 142 Å². The van der Waals surface area contributed by atoms with Crippen LogP contribution in [0.3, 0.4) is 0 Å². The molecule has 0 aliphatic carbocycles. The maximum absolute atomic E-state index is 14.4. The van der Waals surface area contributed by atoms with Crippen LogP contribution in [-0.4, -0.2) is 29.8 Å². The van der Waals surface area contributed by atoms with E-state index in [4.69, 9.17) is 20.9 Å². The van der Waals surface area contributed by atoms with Crippen LogP contribution in [-0.2, 0) is 4.74 Å². The van der Waals surface area contributed by atoms with Gasteiger partial charge < -0.3 is 14.2 Å². The number of likely N-dealkylation sites (tertiary alicyclic amines) is 1. The minimum Gasteiger partial charge on any atom is -0.453 e. The fourth-order valence-corrected chi connectivity index (χ4v) is 3.28. The van der Waals surface area contributed by atoms with Crippen LogP contribution < -0.4 is 5.56 Å². The van der Waals surface area contributed by atoms with Gasteiger partial charge in [-0.25, -0.2) is 9.18 Å². The fourth-order valence-electron chi connectivity index (χ4n) is 3.12. The maximum atomic E-state index is 14.4. The number of piperidine rings is 1. The Hall–Kier alpha value is -2.28. The number of halogens is 2. The first-order valence-electron chi connectivity index (χ1n) is 7.47. The number of nitrogens with one attached hydrogen (secondary N) is 1. The number of amides is 1. The number of hydrogen-bond donors (Lipinski definition) is 1. The molecule has 8 heteroatoms. The van der Waals surface area contributed by atoms with Crippen molar-refractivity contribution in [1.82, 2.24) is 10.1 Å². The van der Waals surface area contributed by atoms with E-state index in [1.54, 1.807) is 12.1 Å². The van der Waals surface area contributed by atoms with E-state index in [0.717, 1.165) is 0 Å². The van der Waals surface area contributed by atoms with E-state index in [0.29, 0.717) is 30.7 Å². The molecule has 6 nitrogen and oxygen atoms in total. The number of aromatic amines is 1. The van der Waals surface area contributed by atoms with Crippen molar-refractivity contribution in [1.29, 1.82) is 0 Å². The molecule has 3 rings (SSSR count). The molecule has 0 unspecified atom stereocenters. The van der Waals surface area contributed by atoms with Crippen molar-refractivity contribution >= 4 is 17.7 Å². The summed E-state index contributed by atoms with van der Waals surface area (Å²) in [5.41, 5.74) is 0.0296. The Morgan fingerprint density at radius 3 is 2.88 bits per heavy atom. The van der Waals surface area contributed by atoms with Crippen LogP contribution in [0.4, 0.5) is 9.18 Å². The van der Waals surface area contributed by atoms with Crippen LogP contribution in [0.15, 0.2) is 33.6 Å². The second-order valence-corrected chi connectivity index (χ2v) is 6.12. The van der Waals surface area contributed by atoms with Crippen LogP contribution in [0.1, 0.15) is 36.1 Å². The van der Waals surface area contributed by atoms with E-state index < -0.39 is 18.0 Å². The summed E-state index contributed by atoms with van der Waals surface area (Å²) in [6.45, 7) is 0.360. The van der Waals surface area contributed by atoms with Crippen LogP contribution >= 0.6 is 11.6 Å². The maximum Gasteiger partial charge on any atom is 0.409 e. The minimum absolute atomic E-state index is 0.107. The molecule has 2 heterocycles. The van der Waals surface area contributed by atoms with Crippen LogP contribution in [0.2, 0.25) is 5.02 Å². The molecule has 2 atom stereocenters. The topological polar surface area (TPSA) is 75.5 Å². The molecular formula is C16H16ClFN2O4. The van der Waals surface area contributed by atoms with Crippen molar-refractivity contribution < 1.29 is 18.4 Å². The third-order valence-corrected chi connectivity index (χ3v) is 4.51. The lowest BCUT2D eigenvalue weighted by atomic mass is 9.85. The number of carbonyl (C=O) groups excluding carboxylic acids is 1. The molecule has 1 saturated heterocycles. The predicted molar refractivity (Wildman–Crippen MR) is 84.6 cm³/mol. The molecule has 2 aromatic rings. The van der Waals surface area contributed by atoms with Gasteiger partial charge in [0.15, 0.2) is 0 Å². The Morgan fingerprint density at radius 1 is 1.46 bits per heavy atom. The minimum atomic E-state index is -0.534. The third kappa shape index (κ3) is 3.17. The van der Waals surface area contributed by atoms with Gasteiger partial charge in [0.05, 0.1) is 13.2 Å². The zero-order valence-corrected chi connectivity index (χ0v) is 13.7. The number of nitrogens with zero attached hydrogens (tertiary/aromatic N) is 1. The number of ether oxygens (including phenoxy) is 1. The van der Waals surface area contributed by atoms with Gasteiger partial charge >= 0.3 is 6.09 Å². The smallest absolute Gasteiger partial charge is 0.409 e. The molecular weight excluding hydrogens is 339 g/mol. The van der Waals surface area contributed by atoms with Gasteiger partial charge in [-0.05, 0) is 25.0 Å². The highest BCUT2D eigenvalue weighted by atomic mass is 35.5. The number of benzene rings is 1. The van der Waals surface area contributed by atoms with Gasteiger partial charge in [0.1, 0.15) is 11.6 Å². The summed E-state index contributed by atoms with van der Waals surface area (Å²) in [6, 6.07) is 5.21. The zero-order chi connectivity index (χ0) is 17.3. The number of aromatic nitrogens is 1. The highest BCUT2D eigenvalue weighted by molar-refractivity contribution is 6.30. The normalized spacial score (nSPS) is 20.9. The summed E-state index contributed by atoms with van der Waals surface area (Å²) < 4.78 is 24.3. The van der Waals surface area contributed by atoms with Crippen molar-refractivity contribution in [2.24, 2.45) is 0 Å². The lowest BCUT2D eigenvalue weighted by molar-refractivity contribution is 0.0804. The molecule has 128 valence electrons. The molecule has 1 N–H and O–H groups in total. The first-order valence-corrected chi connectivity index (χ1v) is 7.85. The van der Waals surface area contributed by atoms with Gasteiger partial charge in [0.2, 0.25) is 0 Å². The van der Waals surface area contributed by atoms with Crippen molar-refractivity contribution in [3.8, 4) is 0 Å². The Balaban J connectivity index is 1.95. The highest BCUT2D eigenvalue weighted by Crippen LogP contribution is 2.40. The van der Waals surface area contributed by atoms with Crippen molar-refractivity contribution in [2.75, 3.05) is 13.7 Å². The lowest BCUT2D eigenvalue weighted by Crippen LogP contribution is -2.40. The van der Waals surface area contributed by atoms with E-state index >= 15 is 0 Å². The third-order valence-electron chi connectivity index (χ3n) is 4.28. The Bertz CT molecular complexity index is 803. The van der Waals surface area contributed by atoms with E-state index in [1.165, 1.54) is 24.1 Å². The summed E-state index contributed by atoms with van der Waals surface area (Å²) in [4.78, 5) is 24.8. The molecule has 0 radical (unpaired) electrons. The molecule has 1 aromatic heterocycles. The van der Waals surface area contributed by atoms with E-state index in [9.17, 15) is 14.0 Å². The number of hydrogen-bond acceptors (Lipinski definition) is 4. The molecule has 0 spiro atoms. The van der Waals surface area contributed by atoms with Crippen LogP contribution in [0.25, 0.3) is 0 Å². The molecule has 0 bridgehead atoms. The summed E-state index contributed by atoms with van der Waals surface area (Å²) in [5, 5.41) is 2.54. The van der Waals surface area contributed by atoms with Crippen LogP contribution in [0, 0.1) is 5.82 Å². The van der Waals surface area contributed by atoms with Crippen LogP contribution in [0.5, 0.6) is 0 Å². The Morgan fingerprint density at radius 2 is 2.25 bits per heavy atom. The summed E-state index contributed by atoms with van der Waals surface area (Å²) in [5.74, 6) is -0.0913. The SMILES string of the molecule is COC(=O)N1CC[C@H](c2cc(=O)[nH]o2)C[C@H]1c1ccc(Cl)cc1F. The van der Waals surface area contributed by atoms with E-state index in [2.05, 4.69) is 5.16 Å². The quantitative estimate of drug-likeness (QED) is 0.896. The van der Waals surface area contributed by atoms with E-state index in [1.807, 2.05) is 0 Å². The summed E-state index contributed by atoms with van der Waals surface area (Å²) >= 11 is 5.81. The zero-order valence-electron chi connectivity index (χ0n) is 12.9. The summed E-state index contributed by atoms with van der Waals surface area (Å²) in [6.07, 6.45) is 0.471. The molecule has 1 aliphatic rings. The van der Waals surface area contributed by atoms with Gasteiger partial charge in [0, 0.05) is 29.1 Å². The average Bonchev–Trinajstić information content (AvgIpc) is 3.00. The molecule has 24 heavy (non-hydrogen) atoms. The van der Waals surface area contributed by atoms with Gasteiger partial charge in [0.25, 0.3) is 5.56 Å². The second-order valence-electron chi connectivity index (χ2n) is 5.68.